The fourth-order valence-electron chi connectivity index (χ4n) is 8.18. The van der Waals surface area contributed by atoms with E-state index in [4.69, 9.17) is 10.3 Å². The molecule has 0 fully saturated rings. The monoisotopic (exact) mass is 742 g/mol. The number of guanidine groups is 1. The van der Waals surface area contributed by atoms with E-state index in [2.05, 4.69) is 97.8 Å². The van der Waals surface area contributed by atoms with E-state index in [1.54, 1.807) is 5.56 Å². The molecule has 0 amide bonds. The highest BCUT2D eigenvalue weighted by atomic mass is 32.2. The topological polar surface area (TPSA) is 158 Å². The van der Waals surface area contributed by atoms with Crippen molar-refractivity contribution < 1.29 is 17.8 Å². The first-order valence-corrected chi connectivity index (χ1v) is 20.5. The van der Waals surface area contributed by atoms with Crippen LogP contribution in [0.1, 0.15) is 122 Å². The third-order valence-corrected chi connectivity index (χ3v) is 11.3. The van der Waals surface area contributed by atoms with Gasteiger partial charge >= 0.3 is 10.1 Å². The number of nitrogens with two attached hydrogens (primary N) is 1. The first kappa shape index (κ1) is 40.1. The van der Waals surface area contributed by atoms with Gasteiger partial charge in [0.15, 0.2) is 11.7 Å². The summed E-state index contributed by atoms with van der Waals surface area (Å²) >= 11 is 0. The average Bonchev–Trinajstić information content (AvgIpc) is 3.83. The summed E-state index contributed by atoms with van der Waals surface area (Å²) in [6.45, 7) is 15.7. The summed E-state index contributed by atoms with van der Waals surface area (Å²) in [6, 6.07) is 14.1. The third kappa shape index (κ3) is 10.5. The number of amidine groups is 1. The van der Waals surface area contributed by atoms with Gasteiger partial charge in [-0.1, -0.05) is 47.0 Å². The molecule has 0 bridgehead atoms. The lowest BCUT2D eigenvalue weighted by Crippen LogP contribution is -2.38. The van der Waals surface area contributed by atoms with Gasteiger partial charge in [0.1, 0.15) is 0 Å². The molecule has 0 spiro atoms. The zero-order chi connectivity index (χ0) is 38.3. The molecule has 3 aromatic carbocycles. The molecule has 53 heavy (non-hydrogen) atoms. The summed E-state index contributed by atoms with van der Waals surface area (Å²) in [4.78, 5) is 19.5. The molecule has 2 atom stereocenters. The highest BCUT2D eigenvalue weighted by Crippen LogP contribution is 2.33. The third-order valence-electron chi connectivity index (χ3n) is 10.6. The molecule has 2 heterocycles. The molecule has 3 aliphatic carbocycles. The number of carbonyl (C=O) groups excluding carboxylic acids is 1. The zero-order valence-electron chi connectivity index (χ0n) is 32.4. The van der Waals surface area contributed by atoms with Crippen LogP contribution in [0.5, 0.6) is 0 Å². The number of rotatable bonds is 1. The minimum absolute atomic E-state index is 0.280. The van der Waals surface area contributed by atoms with E-state index in [1.165, 1.54) is 87.7 Å². The van der Waals surface area contributed by atoms with Crippen molar-refractivity contribution in [3.05, 3.63) is 103 Å². The molecule has 8 rings (SSSR count). The molecule has 2 aliphatic heterocycles. The van der Waals surface area contributed by atoms with Crippen LogP contribution in [0.25, 0.3) is 0 Å². The largest absolute Gasteiger partial charge is 0.357 e. The van der Waals surface area contributed by atoms with Crippen LogP contribution in [0.4, 0.5) is 0 Å². The van der Waals surface area contributed by atoms with Crippen molar-refractivity contribution in [2.24, 2.45) is 15.7 Å². The van der Waals surface area contributed by atoms with Crippen molar-refractivity contribution in [3.8, 4) is 0 Å². The maximum atomic E-state index is 11.6. The first-order chi connectivity index (χ1) is 25.2. The SMILES string of the molecule is Cc1cc(C)c2c(c1)C(=O)CCC2.Cc1cc(C)c2c(c1)C(N)CCC2.Cc1cc(C)c2c(c1)C(NC1=NCCN1)CCC2.O=S(=O)(O)C1=NCCN1. The summed E-state index contributed by atoms with van der Waals surface area (Å²) in [5.41, 5.74) is 22.3. The number of aryl methyl sites for hydroxylation is 6. The lowest BCUT2D eigenvalue weighted by atomic mass is 9.84. The number of benzene rings is 3. The lowest BCUT2D eigenvalue weighted by Gasteiger charge is -2.28. The predicted octanol–water partition coefficient (Wildman–Crippen LogP) is 6.53. The second kappa shape index (κ2) is 17.8. The van der Waals surface area contributed by atoms with Crippen molar-refractivity contribution in [2.45, 2.75) is 111 Å². The van der Waals surface area contributed by atoms with Gasteiger partial charge in [0.05, 0.1) is 19.1 Å². The molecule has 0 saturated carbocycles. The summed E-state index contributed by atoms with van der Waals surface area (Å²) < 4.78 is 28.7. The van der Waals surface area contributed by atoms with Crippen LogP contribution >= 0.6 is 0 Å². The summed E-state index contributed by atoms with van der Waals surface area (Å²) in [6.07, 6.45) is 10.1. The Kier molecular flexibility index (Phi) is 13.5. The Morgan fingerprint density at radius 3 is 1.83 bits per heavy atom. The van der Waals surface area contributed by atoms with Gasteiger partial charge in [-0.2, -0.15) is 8.42 Å². The van der Waals surface area contributed by atoms with Gasteiger partial charge < -0.3 is 21.7 Å². The van der Waals surface area contributed by atoms with Gasteiger partial charge in [-0.05, 0) is 143 Å². The Balaban J connectivity index is 0.000000140. The molecule has 0 saturated heterocycles. The van der Waals surface area contributed by atoms with Crippen LogP contribution in [0.2, 0.25) is 0 Å². The summed E-state index contributed by atoms with van der Waals surface area (Å²) in [5.74, 6) is 1.31. The van der Waals surface area contributed by atoms with Gasteiger partial charge in [0, 0.05) is 31.1 Å². The summed E-state index contributed by atoms with van der Waals surface area (Å²) in [5, 5.41) is 8.96. The number of hydrogen-bond donors (Lipinski definition) is 5. The smallest absolute Gasteiger partial charge is 0.327 e. The van der Waals surface area contributed by atoms with E-state index in [1.807, 2.05) is 6.07 Å². The number of ketones is 1. The number of fused-ring (bicyclic) bond motifs is 3. The number of nitrogens with zero attached hydrogens (tertiary/aromatic N) is 2. The van der Waals surface area contributed by atoms with E-state index in [0.29, 0.717) is 24.9 Å². The predicted molar refractivity (Wildman–Crippen MR) is 216 cm³/mol. The Bertz CT molecular complexity index is 1990. The van der Waals surface area contributed by atoms with E-state index < -0.39 is 10.1 Å². The number of aliphatic imine (C=N–C) groups is 2. The molecule has 10 nitrogen and oxygen atoms in total. The van der Waals surface area contributed by atoms with Crippen molar-refractivity contribution >= 4 is 27.0 Å². The van der Waals surface area contributed by atoms with Gasteiger partial charge in [-0.3, -0.25) is 19.3 Å². The van der Waals surface area contributed by atoms with Crippen molar-refractivity contribution in [1.82, 2.24) is 16.0 Å². The fourth-order valence-corrected chi connectivity index (χ4v) is 8.71. The molecule has 6 N–H and O–H groups in total. The highest BCUT2D eigenvalue weighted by molar-refractivity contribution is 8.01. The van der Waals surface area contributed by atoms with Crippen LogP contribution in [0.15, 0.2) is 46.4 Å². The number of nitrogens with one attached hydrogen (secondary N) is 3. The fraction of sp³-hybridized carbons (Fsp3) is 0.500. The Morgan fingerprint density at radius 2 is 1.25 bits per heavy atom. The minimum Gasteiger partial charge on any atom is -0.357 e. The molecule has 0 aromatic heterocycles. The molecular weight excluding hydrogens is 685 g/mol. The average molecular weight is 743 g/mol. The Hall–Kier alpha value is -4.06. The summed E-state index contributed by atoms with van der Waals surface area (Å²) in [7, 11) is -4.06. The van der Waals surface area contributed by atoms with Gasteiger partial charge in [0.25, 0.3) is 0 Å². The van der Waals surface area contributed by atoms with Crippen LogP contribution in [-0.4, -0.2) is 56.1 Å². The maximum absolute atomic E-state index is 11.6. The standard InChI is InChI=1S/C15H21N3.C12H17N.C12H14O.C3H6N2O3S/c1-10-8-11(2)12-4-3-5-14(13(12)9-10)18-15-16-6-7-17-15;2*1-8-6-9(2)10-4-3-5-12(13)11(10)7-8;6-9(7,8)3-4-1-2-5-3/h8-9,14H,3-7H2,1-2H3,(H2,16,17,18);6-7,12H,3-5,13H2,1-2H3;6-7H,3-5H2,1-2H3;1-2H2,(H,4,5)(H,6,7,8). The Morgan fingerprint density at radius 1 is 0.698 bits per heavy atom. The van der Waals surface area contributed by atoms with E-state index in [9.17, 15) is 13.2 Å². The van der Waals surface area contributed by atoms with Crippen LogP contribution in [0, 0.1) is 41.5 Å². The molecular formula is C42H58N6O4S. The normalized spacial score (nSPS) is 19.8. The highest BCUT2D eigenvalue weighted by Gasteiger charge is 2.24. The van der Waals surface area contributed by atoms with Crippen molar-refractivity contribution in [1.29, 1.82) is 0 Å². The maximum Gasteiger partial charge on any atom is 0.327 e. The van der Waals surface area contributed by atoms with Crippen molar-refractivity contribution in [3.63, 3.8) is 0 Å². The van der Waals surface area contributed by atoms with Gasteiger partial charge in [-0.15, -0.1) is 0 Å². The minimum atomic E-state index is -4.06. The van der Waals surface area contributed by atoms with Crippen molar-refractivity contribution in [2.75, 3.05) is 26.2 Å². The Labute approximate surface area is 316 Å². The quantitative estimate of drug-likeness (QED) is 0.176. The molecule has 0 radical (unpaired) electrons. The molecule has 11 heteroatoms. The molecule has 286 valence electrons. The molecule has 2 unspecified atom stereocenters. The van der Waals surface area contributed by atoms with E-state index in [-0.39, 0.29) is 11.2 Å². The second-order valence-corrected chi connectivity index (χ2v) is 16.4. The van der Waals surface area contributed by atoms with Crippen LogP contribution in [-0.2, 0) is 29.4 Å². The number of Topliss-reactive ketones (excluding diaryl/α,β-unsaturated/α-hetero) is 1. The van der Waals surface area contributed by atoms with E-state index >= 15 is 0 Å². The number of carbonyl (C=O) groups is 1. The molecule has 3 aromatic rings. The molecule has 5 aliphatic rings. The van der Waals surface area contributed by atoms with Crippen LogP contribution in [0.3, 0.4) is 0 Å². The van der Waals surface area contributed by atoms with Gasteiger partial charge in [0.2, 0.25) is 5.17 Å². The van der Waals surface area contributed by atoms with Crippen LogP contribution < -0.4 is 21.7 Å². The van der Waals surface area contributed by atoms with E-state index in [0.717, 1.165) is 50.3 Å². The first-order valence-electron chi connectivity index (χ1n) is 19.1. The number of hydrogen-bond acceptors (Lipinski definition) is 9. The van der Waals surface area contributed by atoms with Gasteiger partial charge in [-0.25, -0.2) is 0 Å². The zero-order valence-corrected chi connectivity index (χ0v) is 33.2. The lowest BCUT2D eigenvalue weighted by molar-refractivity contribution is 0.0972. The second-order valence-electron chi connectivity index (χ2n) is 15.0.